The zero-order valence-corrected chi connectivity index (χ0v) is 13.4. The summed E-state index contributed by atoms with van der Waals surface area (Å²) < 4.78 is 5.11. The van der Waals surface area contributed by atoms with Gasteiger partial charge >= 0.3 is 0 Å². The fraction of sp³-hybridized carbons (Fsp3) is 0.312. The number of furan rings is 1. The second kappa shape index (κ2) is 7.14. The van der Waals surface area contributed by atoms with Crippen LogP contribution in [0, 0.1) is 17.0 Å². The van der Waals surface area contributed by atoms with Crippen molar-refractivity contribution >= 4 is 17.3 Å². The molecule has 8 heteroatoms. The monoisotopic (exact) mass is 333 g/mol. The van der Waals surface area contributed by atoms with E-state index >= 15 is 0 Å². The molecule has 0 aliphatic heterocycles. The Balaban J connectivity index is 2.10. The highest BCUT2D eigenvalue weighted by molar-refractivity contribution is 6.01. The van der Waals surface area contributed by atoms with Crippen molar-refractivity contribution in [2.45, 2.75) is 32.4 Å². The largest absolute Gasteiger partial charge is 0.467 e. The molecule has 1 aromatic carbocycles. The Bertz CT molecular complexity index is 742. The molecule has 1 aromatic heterocycles. The number of nitrogens with zero attached hydrogens (tertiary/aromatic N) is 1. The molecule has 128 valence electrons. The van der Waals surface area contributed by atoms with Crippen molar-refractivity contribution in [3.8, 4) is 0 Å². The maximum atomic E-state index is 12.4. The highest BCUT2D eigenvalue weighted by atomic mass is 16.6. The summed E-state index contributed by atoms with van der Waals surface area (Å²) in [7, 11) is 0. The first kappa shape index (κ1) is 17.5. The van der Waals surface area contributed by atoms with Crippen LogP contribution >= 0.6 is 0 Å². The van der Waals surface area contributed by atoms with Gasteiger partial charge in [-0.2, -0.15) is 0 Å². The van der Waals surface area contributed by atoms with Crippen LogP contribution < -0.4 is 11.1 Å². The van der Waals surface area contributed by atoms with Gasteiger partial charge in [-0.1, -0.05) is 0 Å². The summed E-state index contributed by atoms with van der Waals surface area (Å²) in [5.41, 5.74) is 5.86. The molecule has 0 spiro atoms. The summed E-state index contributed by atoms with van der Waals surface area (Å²) >= 11 is 0. The average molecular weight is 333 g/mol. The fourth-order valence-corrected chi connectivity index (χ4v) is 2.41. The first-order chi connectivity index (χ1) is 11.3. The van der Waals surface area contributed by atoms with Gasteiger partial charge in [-0.05, 0) is 37.6 Å². The molecular formula is C16H19N3O5. The van der Waals surface area contributed by atoms with E-state index in [4.69, 9.17) is 10.2 Å². The van der Waals surface area contributed by atoms with Gasteiger partial charge in [0.1, 0.15) is 17.6 Å². The zero-order valence-electron chi connectivity index (χ0n) is 13.4. The van der Waals surface area contributed by atoms with Crippen molar-refractivity contribution in [1.82, 2.24) is 5.32 Å². The van der Waals surface area contributed by atoms with Crippen LogP contribution in [0.3, 0.4) is 0 Å². The van der Waals surface area contributed by atoms with Crippen LogP contribution in [0.1, 0.15) is 41.1 Å². The summed E-state index contributed by atoms with van der Waals surface area (Å²) in [5.74, 6) is -0.125. The third-order valence-electron chi connectivity index (χ3n) is 3.57. The maximum Gasteiger partial charge on any atom is 0.293 e. The number of aliphatic hydroxyl groups is 1. The Morgan fingerprint density at radius 2 is 2.21 bits per heavy atom. The summed E-state index contributed by atoms with van der Waals surface area (Å²) in [5, 5.41) is 23.7. The highest BCUT2D eigenvalue weighted by Gasteiger charge is 2.22. The van der Waals surface area contributed by atoms with Gasteiger partial charge in [-0.15, -0.1) is 0 Å². The number of aryl methyl sites for hydroxylation is 1. The van der Waals surface area contributed by atoms with E-state index in [1.54, 1.807) is 26.0 Å². The number of aliphatic hydroxyl groups excluding tert-OH is 1. The first-order valence-electron chi connectivity index (χ1n) is 7.36. The molecule has 8 nitrogen and oxygen atoms in total. The van der Waals surface area contributed by atoms with Gasteiger partial charge in [0.15, 0.2) is 0 Å². The molecular weight excluding hydrogens is 314 g/mol. The van der Waals surface area contributed by atoms with E-state index in [2.05, 4.69) is 5.32 Å². The van der Waals surface area contributed by atoms with E-state index < -0.39 is 23.0 Å². The van der Waals surface area contributed by atoms with E-state index in [0.717, 1.165) is 0 Å². The van der Waals surface area contributed by atoms with Gasteiger partial charge in [0.25, 0.3) is 11.6 Å². The molecule has 4 N–H and O–H groups in total. The van der Waals surface area contributed by atoms with E-state index in [1.165, 1.54) is 18.4 Å². The topological polar surface area (TPSA) is 132 Å². The van der Waals surface area contributed by atoms with Gasteiger partial charge in [0, 0.05) is 18.5 Å². The molecule has 24 heavy (non-hydrogen) atoms. The third kappa shape index (κ3) is 3.90. The second-order valence-electron chi connectivity index (χ2n) is 5.64. The van der Waals surface area contributed by atoms with Crippen LogP contribution in [0.15, 0.2) is 34.9 Å². The van der Waals surface area contributed by atoms with Crippen molar-refractivity contribution in [2.75, 3.05) is 5.73 Å². The number of hydrogen-bond donors (Lipinski definition) is 3. The number of nitrogen functional groups attached to an aromatic ring is 1. The van der Waals surface area contributed by atoms with Gasteiger partial charge in [0.2, 0.25) is 0 Å². The second-order valence-corrected chi connectivity index (χ2v) is 5.64. The lowest BCUT2D eigenvalue weighted by Gasteiger charge is -2.17. The van der Waals surface area contributed by atoms with E-state index in [0.29, 0.717) is 11.3 Å². The molecule has 0 radical (unpaired) electrons. The summed E-state index contributed by atoms with van der Waals surface area (Å²) in [4.78, 5) is 22.7. The van der Waals surface area contributed by atoms with E-state index in [9.17, 15) is 20.0 Å². The predicted molar refractivity (Wildman–Crippen MR) is 87.5 cm³/mol. The minimum Gasteiger partial charge on any atom is -0.467 e. The molecule has 0 saturated heterocycles. The quantitative estimate of drug-likeness (QED) is 0.422. The summed E-state index contributed by atoms with van der Waals surface area (Å²) in [6.45, 7) is 3.36. The minimum atomic E-state index is -0.862. The number of nitrogens with one attached hydrogen (secondary N) is 1. The van der Waals surface area contributed by atoms with Crippen LogP contribution in [0.2, 0.25) is 0 Å². The minimum absolute atomic E-state index is 0.0426. The fourth-order valence-electron chi connectivity index (χ4n) is 2.41. The highest BCUT2D eigenvalue weighted by Crippen LogP contribution is 2.27. The average Bonchev–Trinajstić information content (AvgIpc) is 3.03. The molecule has 1 amide bonds. The number of hydrogen-bond acceptors (Lipinski definition) is 6. The lowest BCUT2D eigenvalue weighted by atomic mass is 10.0. The van der Waals surface area contributed by atoms with Gasteiger partial charge in [-0.25, -0.2) is 0 Å². The Kier molecular flexibility index (Phi) is 5.20. The lowest BCUT2D eigenvalue weighted by Crippen LogP contribution is -2.34. The molecule has 0 aliphatic carbocycles. The van der Waals surface area contributed by atoms with Crippen LogP contribution in [0.4, 0.5) is 11.4 Å². The number of amides is 1. The molecule has 0 fully saturated rings. The number of benzene rings is 1. The van der Waals surface area contributed by atoms with Gasteiger partial charge in [0.05, 0.1) is 16.7 Å². The molecule has 2 aromatic rings. The maximum absolute atomic E-state index is 12.4. The molecule has 0 saturated carbocycles. The van der Waals surface area contributed by atoms with Crippen LogP contribution in [-0.2, 0) is 0 Å². The van der Waals surface area contributed by atoms with Gasteiger partial charge < -0.3 is 20.6 Å². The molecule has 2 rings (SSSR count). The number of rotatable bonds is 6. The van der Waals surface area contributed by atoms with E-state index in [1.807, 2.05) is 0 Å². The predicted octanol–water partition coefficient (Wildman–Crippen LogP) is 2.32. The lowest BCUT2D eigenvalue weighted by molar-refractivity contribution is -0.384. The third-order valence-corrected chi connectivity index (χ3v) is 3.57. The smallest absolute Gasteiger partial charge is 0.293 e. The Hall–Kier alpha value is -2.87. The molecule has 2 unspecified atom stereocenters. The number of nitro groups is 1. The standard InChI is InChI=1S/C16H19N3O5/c1-9-6-11(15(17)12(7-9)19(22)23)16(21)18-10(2)8-13(20)14-4-3-5-24-14/h3-7,10,13,20H,8,17H2,1-2H3,(H,18,21). The molecule has 2 atom stereocenters. The Morgan fingerprint density at radius 1 is 1.50 bits per heavy atom. The first-order valence-corrected chi connectivity index (χ1v) is 7.36. The number of anilines is 1. The van der Waals surface area contributed by atoms with Crippen LogP contribution in [-0.4, -0.2) is 22.0 Å². The number of nitro benzene ring substituents is 1. The van der Waals surface area contributed by atoms with Crippen molar-refractivity contribution < 1.29 is 19.2 Å². The van der Waals surface area contributed by atoms with E-state index in [-0.39, 0.29) is 23.4 Å². The van der Waals surface area contributed by atoms with Crippen molar-refractivity contribution in [3.63, 3.8) is 0 Å². The Labute approximate surface area is 138 Å². The normalized spacial score (nSPS) is 13.3. The number of nitrogens with two attached hydrogens (primary N) is 1. The zero-order chi connectivity index (χ0) is 17.9. The van der Waals surface area contributed by atoms with Crippen LogP contribution in [0.5, 0.6) is 0 Å². The molecule has 1 heterocycles. The molecule has 0 bridgehead atoms. The Morgan fingerprint density at radius 3 is 2.79 bits per heavy atom. The van der Waals surface area contributed by atoms with Crippen LogP contribution in [0.25, 0.3) is 0 Å². The van der Waals surface area contributed by atoms with Crippen molar-refractivity contribution in [3.05, 3.63) is 57.5 Å². The summed E-state index contributed by atoms with van der Waals surface area (Å²) in [6, 6.07) is 5.72. The summed E-state index contributed by atoms with van der Waals surface area (Å²) in [6.07, 6.45) is 0.820. The number of carbonyl (C=O) groups is 1. The molecule has 0 aliphatic rings. The van der Waals surface area contributed by atoms with Crippen molar-refractivity contribution in [1.29, 1.82) is 0 Å². The number of carbonyl (C=O) groups excluding carboxylic acids is 1. The van der Waals surface area contributed by atoms with Crippen molar-refractivity contribution in [2.24, 2.45) is 0 Å². The SMILES string of the molecule is Cc1cc(C(=O)NC(C)CC(O)c2ccco2)c(N)c([N+](=O)[O-])c1. The van der Waals surface area contributed by atoms with Gasteiger partial charge in [-0.3, -0.25) is 14.9 Å².